The average Bonchev–Trinajstić information content (AvgIpc) is 2.42. The number of piperidine rings is 1. The number of hydrogen-bond donors (Lipinski definition) is 1. The number of nitrogens with two attached hydrogens (primary N) is 1. The molecule has 0 aromatic heterocycles. The summed E-state index contributed by atoms with van der Waals surface area (Å²) in [4.78, 5) is 14.3. The molecule has 112 valence electrons. The van der Waals surface area contributed by atoms with Gasteiger partial charge in [0, 0.05) is 13.1 Å². The first kappa shape index (κ1) is 17.0. The third-order valence-corrected chi connectivity index (χ3v) is 4.26. The van der Waals surface area contributed by atoms with Crippen molar-refractivity contribution in [3.05, 3.63) is 35.9 Å². The number of halogens is 1. The van der Waals surface area contributed by atoms with Crippen LogP contribution in [0.2, 0.25) is 0 Å². The first-order valence-corrected chi connectivity index (χ1v) is 7.16. The summed E-state index contributed by atoms with van der Waals surface area (Å²) in [5.41, 5.74) is 7.20. The SMILES string of the molecule is CC1CCN(C(=O)C(N)Cc2ccccc2)CC1C.Cl. The lowest BCUT2D eigenvalue weighted by Gasteiger charge is -2.36. The maximum Gasteiger partial charge on any atom is 0.239 e. The van der Waals surface area contributed by atoms with E-state index in [9.17, 15) is 4.79 Å². The van der Waals surface area contributed by atoms with Gasteiger partial charge in [0.25, 0.3) is 0 Å². The Morgan fingerprint density at radius 1 is 1.30 bits per heavy atom. The summed E-state index contributed by atoms with van der Waals surface area (Å²) in [7, 11) is 0. The summed E-state index contributed by atoms with van der Waals surface area (Å²) in [5, 5.41) is 0. The summed E-state index contributed by atoms with van der Waals surface area (Å²) in [6.07, 6.45) is 1.71. The second-order valence-electron chi connectivity index (χ2n) is 5.82. The van der Waals surface area contributed by atoms with Crippen molar-refractivity contribution in [2.24, 2.45) is 17.6 Å². The molecule has 0 bridgehead atoms. The van der Waals surface area contributed by atoms with Gasteiger partial charge in [0.1, 0.15) is 0 Å². The molecule has 0 aliphatic carbocycles. The van der Waals surface area contributed by atoms with Crippen LogP contribution in [-0.2, 0) is 11.2 Å². The first-order valence-electron chi connectivity index (χ1n) is 7.16. The summed E-state index contributed by atoms with van der Waals surface area (Å²) in [5.74, 6) is 1.37. The third kappa shape index (κ3) is 4.22. The summed E-state index contributed by atoms with van der Waals surface area (Å²) in [6.45, 7) is 6.18. The first-order chi connectivity index (χ1) is 9.08. The molecule has 1 saturated heterocycles. The van der Waals surface area contributed by atoms with Gasteiger partial charge in [0.05, 0.1) is 6.04 Å². The molecule has 1 fully saturated rings. The highest BCUT2D eigenvalue weighted by atomic mass is 35.5. The normalized spacial score (nSPS) is 23.9. The van der Waals surface area contributed by atoms with Gasteiger partial charge in [-0.3, -0.25) is 4.79 Å². The molecule has 1 aromatic carbocycles. The average molecular weight is 297 g/mol. The fraction of sp³-hybridized carbons (Fsp3) is 0.562. The molecule has 0 radical (unpaired) electrons. The summed E-state index contributed by atoms with van der Waals surface area (Å²) in [6, 6.07) is 9.57. The third-order valence-electron chi connectivity index (χ3n) is 4.26. The Labute approximate surface area is 127 Å². The Hall–Kier alpha value is -1.06. The molecule has 2 N–H and O–H groups in total. The zero-order valence-corrected chi connectivity index (χ0v) is 13.1. The Bertz CT molecular complexity index is 424. The molecule has 4 heteroatoms. The fourth-order valence-corrected chi connectivity index (χ4v) is 2.65. The largest absolute Gasteiger partial charge is 0.341 e. The number of carbonyl (C=O) groups excluding carboxylic acids is 1. The van der Waals surface area contributed by atoms with E-state index < -0.39 is 6.04 Å². The number of likely N-dealkylation sites (tertiary alicyclic amines) is 1. The quantitative estimate of drug-likeness (QED) is 0.931. The molecule has 1 aromatic rings. The van der Waals surface area contributed by atoms with Crippen molar-refractivity contribution >= 4 is 18.3 Å². The van der Waals surface area contributed by atoms with Crippen LogP contribution in [0, 0.1) is 11.8 Å². The van der Waals surface area contributed by atoms with E-state index in [1.54, 1.807) is 0 Å². The van der Waals surface area contributed by atoms with Gasteiger partial charge >= 0.3 is 0 Å². The van der Waals surface area contributed by atoms with Crippen molar-refractivity contribution < 1.29 is 4.79 Å². The van der Waals surface area contributed by atoms with Crippen LogP contribution in [0.3, 0.4) is 0 Å². The van der Waals surface area contributed by atoms with Crippen molar-refractivity contribution in [1.82, 2.24) is 4.90 Å². The van der Waals surface area contributed by atoms with Gasteiger partial charge in [-0.15, -0.1) is 12.4 Å². The van der Waals surface area contributed by atoms with E-state index >= 15 is 0 Å². The minimum absolute atomic E-state index is 0. The predicted octanol–water partition coefficient (Wildman–Crippen LogP) is 2.48. The van der Waals surface area contributed by atoms with Crippen molar-refractivity contribution in [2.45, 2.75) is 32.7 Å². The molecular weight excluding hydrogens is 272 g/mol. The van der Waals surface area contributed by atoms with Crippen molar-refractivity contribution in [3.63, 3.8) is 0 Å². The van der Waals surface area contributed by atoms with Crippen LogP contribution in [0.25, 0.3) is 0 Å². The lowest BCUT2D eigenvalue weighted by atomic mass is 9.88. The van der Waals surface area contributed by atoms with Crippen LogP contribution in [0.5, 0.6) is 0 Å². The summed E-state index contributed by atoms with van der Waals surface area (Å²) < 4.78 is 0. The number of amides is 1. The fourth-order valence-electron chi connectivity index (χ4n) is 2.65. The second-order valence-corrected chi connectivity index (χ2v) is 5.82. The number of rotatable bonds is 3. The van der Waals surface area contributed by atoms with E-state index in [1.165, 1.54) is 0 Å². The Morgan fingerprint density at radius 2 is 1.95 bits per heavy atom. The van der Waals surface area contributed by atoms with E-state index in [0.717, 1.165) is 25.1 Å². The lowest BCUT2D eigenvalue weighted by Crippen LogP contribution is -2.49. The van der Waals surface area contributed by atoms with Crippen LogP contribution < -0.4 is 5.73 Å². The summed E-state index contributed by atoms with van der Waals surface area (Å²) >= 11 is 0. The van der Waals surface area contributed by atoms with Crippen molar-refractivity contribution in [3.8, 4) is 0 Å². The molecule has 0 spiro atoms. The molecule has 2 rings (SSSR count). The smallest absolute Gasteiger partial charge is 0.239 e. The van der Waals surface area contributed by atoms with E-state index in [4.69, 9.17) is 5.73 Å². The molecule has 3 nitrogen and oxygen atoms in total. The molecule has 1 heterocycles. The van der Waals surface area contributed by atoms with Crippen molar-refractivity contribution in [2.75, 3.05) is 13.1 Å². The highest BCUT2D eigenvalue weighted by Crippen LogP contribution is 2.22. The van der Waals surface area contributed by atoms with Gasteiger partial charge in [-0.2, -0.15) is 0 Å². The van der Waals surface area contributed by atoms with Crippen LogP contribution in [0.4, 0.5) is 0 Å². The molecule has 1 aliphatic heterocycles. The molecule has 3 unspecified atom stereocenters. The molecule has 0 saturated carbocycles. The van der Waals surface area contributed by atoms with E-state index in [1.807, 2.05) is 35.2 Å². The van der Waals surface area contributed by atoms with Gasteiger partial charge in [0.15, 0.2) is 0 Å². The minimum Gasteiger partial charge on any atom is -0.341 e. The minimum atomic E-state index is -0.414. The van der Waals surface area contributed by atoms with E-state index in [2.05, 4.69) is 13.8 Å². The van der Waals surface area contributed by atoms with Gasteiger partial charge in [0.2, 0.25) is 5.91 Å². The van der Waals surface area contributed by atoms with Gasteiger partial charge in [-0.25, -0.2) is 0 Å². The van der Waals surface area contributed by atoms with Crippen molar-refractivity contribution in [1.29, 1.82) is 0 Å². The number of carbonyl (C=O) groups is 1. The number of hydrogen-bond acceptors (Lipinski definition) is 2. The maximum atomic E-state index is 12.4. The molecule has 1 aliphatic rings. The highest BCUT2D eigenvalue weighted by Gasteiger charge is 2.28. The van der Waals surface area contributed by atoms with Crippen LogP contribution in [-0.4, -0.2) is 29.9 Å². The molecule has 3 atom stereocenters. The van der Waals surface area contributed by atoms with Gasteiger partial charge < -0.3 is 10.6 Å². The lowest BCUT2D eigenvalue weighted by molar-refractivity contribution is -0.134. The topological polar surface area (TPSA) is 46.3 Å². The van der Waals surface area contributed by atoms with E-state index in [-0.39, 0.29) is 18.3 Å². The zero-order valence-electron chi connectivity index (χ0n) is 12.3. The maximum absolute atomic E-state index is 12.4. The Balaban J connectivity index is 0.00000200. The van der Waals surface area contributed by atoms with Crippen LogP contribution in [0.15, 0.2) is 30.3 Å². The highest BCUT2D eigenvalue weighted by molar-refractivity contribution is 5.85. The van der Waals surface area contributed by atoms with Crippen LogP contribution in [0.1, 0.15) is 25.8 Å². The number of benzene rings is 1. The Morgan fingerprint density at radius 3 is 2.55 bits per heavy atom. The zero-order chi connectivity index (χ0) is 13.8. The standard InChI is InChI=1S/C16H24N2O.ClH/c1-12-8-9-18(11-13(12)2)16(19)15(17)10-14-6-4-3-5-7-14;/h3-7,12-13,15H,8-11,17H2,1-2H3;1H. The Kier molecular flexibility index (Phi) is 6.50. The molecular formula is C16H25ClN2O. The second kappa shape index (κ2) is 7.65. The van der Waals surface area contributed by atoms with Gasteiger partial charge in [-0.05, 0) is 30.2 Å². The number of nitrogens with zero attached hydrogens (tertiary/aromatic N) is 1. The predicted molar refractivity (Wildman–Crippen MR) is 84.9 cm³/mol. The van der Waals surface area contributed by atoms with E-state index in [0.29, 0.717) is 18.3 Å². The van der Waals surface area contributed by atoms with Gasteiger partial charge in [-0.1, -0.05) is 44.2 Å². The molecule has 20 heavy (non-hydrogen) atoms. The monoisotopic (exact) mass is 296 g/mol. The molecule has 1 amide bonds. The van der Waals surface area contributed by atoms with Crippen LogP contribution >= 0.6 is 12.4 Å².